The summed E-state index contributed by atoms with van der Waals surface area (Å²) in [6.45, 7) is 8.48. The Morgan fingerprint density at radius 1 is 0.879 bits per heavy atom. The Morgan fingerprint density at radius 2 is 1.45 bits per heavy atom. The van der Waals surface area contributed by atoms with Gasteiger partial charge in [0.1, 0.15) is 0 Å². The van der Waals surface area contributed by atoms with E-state index in [9.17, 15) is 5.11 Å². The van der Waals surface area contributed by atoms with Crippen LogP contribution in [0.3, 0.4) is 0 Å². The topological polar surface area (TPSA) is 101 Å². The number of nitrogens with zero attached hydrogens (tertiary/aromatic N) is 2. The first-order chi connectivity index (χ1) is 16.2. The third kappa shape index (κ3) is 12.0. The van der Waals surface area contributed by atoms with Gasteiger partial charge in [0.2, 0.25) is 0 Å². The van der Waals surface area contributed by atoms with Gasteiger partial charge in [-0.15, -0.1) is 0 Å². The highest BCUT2D eigenvalue weighted by Gasteiger charge is 2.28. The van der Waals surface area contributed by atoms with E-state index in [0.717, 1.165) is 30.7 Å². The molecule has 0 spiro atoms. The lowest BCUT2D eigenvalue weighted by molar-refractivity contribution is -0.0223. The first-order valence-electron chi connectivity index (χ1n) is 11.7. The Bertz CT molecular complexity index is 674. The van der Waals surface area contributed by atoms with E-state index in [1.54, 1.807) is 19.4 Å². The van der Waals surface area contributed by atoms with Crippen LogP contribution in [-0.2, 0) is 35.0 Å². The molecular weight excluding hydrogens is 428 g/mol. The predicted octanol–water partition coefficient (Wildman–Crippen LogP) is 2.27. The molecule has 1 N–H and O–H groups in total. The van der Waals surface area contributed by atoms with Gasteiger partial charge in [-0.25, -0.2) is 9.97 Å². The van der Waals surface area contributed by atoms with Gasteiger partial charge in [-0.1, -0.05) is 13.0 Å². The Hall–Kier alpha value is -1.46. The van der Waals surface area contributed by atoms with Crippen LogP contribution in [0.25, 0.3) is 5.57 Å². The third-order valence-electron chi connectivity index (χ3n) is 5.37. The van der Waals surface area contributed by atoms with Crippen LogP contribution in [0, 0.1) is 5.41 Å². The molecule has 1 aromatic rings. The fraction of sp³-hybridized carbons (Fsp3) is 0.750. The van der Waals surface area contributed by atoms with E-state index in [-0.39, 0.29) is 12.0 Å². The molecule has 0 saturated carbocycles. The lowest BCUT2D eigenvalue weighted by Crippen LogP contribution is -2.26. The maximum atomic E-state index is 9.26. The highest BCUT2D eigenvalue weighted by molar-refractivity contribution is 5.60. The molecule has 0 amide bonds. The summed E-state index contributed by atoms with van der Waals surface area (Å²) in [6, 6.07) is 1.73. The quantitative estimate of drug-likeness (QED) is 0.306. The summed E-state index contributed by atoms with van der Waals surface area (Å²) in [5, 5.41) is 9.26. The molecule has 33 heavy (non-hydrogen) atoms. The molecule has 1 atom stereocenters. The number of hydrogen-bond acceptors (Lipinski definition) is 9. The van der Waals surface area contributed by atoms with Gasteiger partial charge in [0, 0.05) is 13.3 Å². The summed E-state index contributed by atoms with van der Waals surface area (Å²) in [5.41, 5.74) is 1.90. The normalized spacial score (nSPS) is 18.5. The summed E-state index contributed by atoms with van der Waals surface area (Å²) in [4.78, 5) is 8.75. The molecule has 0 aromatic carbocycles. The molecule has 1 aliphatic rings. The standard InChI is InChI=1S/C24H40N2O7/c1-24(6-3-21(4-7-24)23-25-8-5-22(19-27)26-23)20-33-18-17-32-16-15-31-14-13-30-12-11-29-10-9-28-2/h3,5,8,27H,4,6-7,9-20H2,1-2H3/t24-/m0/s1. The van der Waals surface area contributed by atoms with Crippen molar-refractivity contribution < 1.29 is 33.5 Å². The van der Waals surface area contributed by atoms with Crippen LogP contribution in [0.2, 0.25) is 0 Å². The number of aliphatic hydroxyl groups is 1. The second-order valence-corrected chi connectivity index (χ2v) is 8.27. The molecule has 0 radical (unpaired) electrons. The number of allylic oxidation sites excluding steroid dienone is 2. The summed E-state index contributed by atoms with van der Waals surface area (Å²) in [7, 11) is 1.65. The van der Waals surface area contributed by atoms with Crippen molar-refractivity contribution in [3.8, 4) is 0 Å². The summed E-state index contributed by atoms with van der Waals surface area (Å²) >= 11 is 0. The zero-order valence-corrected chi connectivity index (χ0v) is 20.1. The molecule has 9 heteroatoms. The van der Waals surface area contributed by atoms with E-state index >= 15 is 0 Å². The van der Waals surface area contributed by atoms with Crippen molar-refractivity contribution in [1.29, 1.82) is 0 Å². The Balaban J connectivity index is 1.43. The Kier molecular flexibility index (Phi) is 14.4. The van der Waals surface area contributed by atoms with Gasteiger partial charge in [0.25, 0.3) is 0 Å². The van der Waals surface area contributed by atoms with Crippen LogP contribution in [-0.4, -0.2) is 94.9 Å². The lowest BCUT2D eigenvalue weighted by Gasteiger charge is -2.32. The van der Waals surface area contributed by atoms with Gasteiger partial charge in [0.15, 0.2) is 5.82 Å². The molecule has 0 aliphatic heterocycles. The molecule has 188 valence electrons. The minimum atomic E-state index is -0.0666. The number of methoxy groups -OCH3 is 1. The van der Waals surface area contributed by atoms with Crippen molar-refractivity contribution in [1.82, 2.24) is 9.97 Å². The predicted molar refractivity (Wildman–Crippen MR) is 124 cm³/mol. The summed E-state index contributed by atoms with van der Waals surface area (Å²) in [6.07, 6.45) is 6.75. The molecule has 1 aromatic heterocycles. The minimum Gasteiger partial charge on any atom is -0.390 e. The van der Waals surface area contributed by atoms with Gasteiger partial charge in [0.05, 0.1) is 85.0 Å². The van der Waals surface area contributed by atoms with Gasteiger partial charge in [-0.05, 0) is 36.3 Å². The van der Waals surface area contributed by atoms with E-state index in [0.29, 0.717) is 78.4 Å². The van der Waals surface area contributed by atoms with E-state index < -0.39 is 0 Å². The summed E-state index contributed by atoms with van der Waals surface area (Å²) < 4.78 is 32.5. The largest absolute Gasteiger partial charge is 0.390 e. The molecular formula is C24H40N2O7. The van der Waals surface area contributed by atoms with E-state index in [1.807, 2.05) is 0 Å². The van der Waals surface area contributed by atoms with Crippen molar-refractivity contribution in [3.05, 3.63) is 29.9 Å². The maximum absolute atomic E-state index is 9.26. The first kappa shape index (κ1) is 27.8. The second kappa shape index (κ2) is 17.0. The average Bonchev–Trinajstić information content (AvgIpc) is 2.84. The van der Waals surface area contributed by atoms with Crippen LogP contribution in [0.15, 0.2) is 18.3 Å². The SMILES string of the molecule is COCCOCCOCCOCCOCCOC[C@@]1(C)CC=C(c2nccc(CO)n2)CC1. The zero-order chi connectivity index (χ0) is 23.6. The highest BCUT2D eigenvalue weighted by atomic mass is 16.6. The number of ether oxygens (including phenoxy) is 6. The van der Waals surface area contributed by atoms with E-state index in [4.69, 9.17) is 28.4 Å². The zero-order valence-electron chi connectivity index (χ0n) is 20.1. The van der Waals surface area contributed by atoms with Gasteiger partial charge in [-0.2, -0.15) is 0 Å². The lowest BCUT2D eigenvalue weighted by atomic mass is 9.77. The highest BCUT2D eigenvalue weighted by Crippen LogP contribution is 2.37. The van der Waals surface area contributed by atoms with Crippen molar-refractivity contribution in [3.63, 3.8) is 0 Å². The molecule has 2 rings (SSSR count). The number of rotatable bonds is 19. The summed E-state index contributed by atoms with van der Waals surface area (Å²) in [5.74, 6) is 0.721. The minimum absolute atomic E-state index is 0.0666. The number of aromatic nitrogens is 2. The smallest absolute Gasteiger partial charge is 0.155 e. The van der Waals surface area contributed by atoms with Crippen LogP contribution in [0.1, 0.15) is 37.7 Å². The van der Waals surface area contributed by atoms with E-state index in [1.165, 1.54) is 0 Å². The molecule has 9 nitrogen and oxygen atoms in total. The number of hydrogen-bond donors (Lipinski definition) is 1. The van der Waals surface area contributed by atoms with Crippen molar-refractivity contribution in [2.45, 2.75) is 32.8 Å². The van der Waals surface area contributed by atoms with Gasteiger partial charge >= 0.3 is 0 Å². The van der Waals surface area contributed by atoms with Gasteiger partial charge in [-0.3, -0.25) is 0 Å². The van der Waals surface area contributed by atoms with E-state index in [2.05, 4.69) is 23.0 Å². The second-order valence-electron chi connectivity index (χ2n) is 8.27. The molecule has 1 aliphatic carbocycles. The van der Waals surface area contributed by atoms with Crippen LogP contribution < -0.4 is 0 Å². The van der Waals surface area contributed by atoms with Gasteiger partial charge < -0.3 is 33.5 Å². The van der Waals surface area contributed by atoms with Crippen LogP contribution >= 0.6 is 0 Å². The fourth-order valence-corrected chi connectivity index (χ4v) is 3.32. The number of aliphatic hydroxyl groups excluding tert-OH is 1. The van der Waals surface area contributed by atoms with Crippen molar-refractivity contribution in [2.24, 2.45) is 5.41 Å². The van der Waals surface area contributed by atoms with Crippen molar-refractivity contribution >= 4 is 5.57 Å². The molecule has 1 heterocycles. The average molecular weight is 469 g/mol. The fourth-order valence-electron chi connectivity index (χ4n) is 3.32. The molecule has 0 unspecified atom stereocenters. The molecule has 0 fully saturated rings. The monoisotopic (exact) mass is 468 g/mol. The van der Waals surface area contributed by atoms with Crippen LogP contribution in [0.5, 0.6) is 0 Å². The Morgan fingerprint density at radius 3 is 1.97 bits per heavy atom. The first-order valence-corrected chi connectivity index (χ1v) is 11.7. The third-order valence-corrected chi connectivity index (χ3v) is 5.37. The Labute approximate surface area is 197 Å². The molecule has 0 saturated heterocycles. The van der Waals surface area contributed by atoms with Crippen molar-refractivity contribution in [2.75, 3.05) is 79.8 Å². The van der Waals surface area contributed by atoms with Crippen LogP contribution in [0.4, 0.5) is 0 Å². The molecule has 0 bridgehead atoms. The maximum Gasteiger partial charge on any atom is 0.155 e.